The lowest BCUT2D eigenvalue weighted by Gasteiger charge is -2.34. The van der Waals surface area contributed by atoms with E-state index < -0.39 is 0 Å². The van der Waals surface area contributed by atoms with Gasteiger partial charge in [0.25, 0.3) is 0 Å². The number of nitrogens with zero attached hydrogens (tertiary/aromatic N) is 2. The van der Waals surface area contributed by atoms with Crippen LogP contribution in [-0.4, -0.2) is 56.9 Å². The fourth-order valence-electron chi connectivity index (χ4n) is 2.90. The average Bonchev–Trinajstić information content (AvgIpc) is 2.63. The minimum Gasteiger partial charge on any atom is -0.490 e. The van der Waals surface area contributed by atoms with Crippen LogP contribution in [0, 0.1) is 5.92 Å². The van der Waals surface area contributed by atoms with Crippen LogP contribution in [-0.2, 0) is 4.74 Å². The normalized spacial score (nSPS) is 16.3. The molecule has 1 aliphatic heterocycles. The first kappa shape index (κ1) is 19.6. The fraction of sp³-hybridized carbons (Fsp3) is 0.650. The molecular weight excluding hydrogens is 314 g/mol. The van der Waals surface area contributed by atoms with Gasteiger partial charge in [-0.25, -0.2) is 0 Å². The molecule has 1 fully saturated rings. The largest absolute Gasteiger partial charge is 0.490 e. The van der Waals surface area contributed by atoms with E-state index in [4.69, 9.17) is 9.47 Å². The molecule has 5 nitrogen and oxygen atoms in total. The van der Waals surface area contributed by atoms with Crippen molar-refractivity contribution in [3.05, 3.63) is 30.3 Å². The second-order valence-electron chi connectivity index (χ2n) is 6.91. The third kappa shape index (κ3) is 7.34. The minimum absolute atomic E-state index is 0.293. The highest BCUT2D eigenvalue weighted by molar-refractivity contribution is 5.79. The molecule has 0 aliphatic carbocycles. The molecule has 0 radical (unpaired) electrons. The van der Waals surface area contributed by atoms with E-state index in [1.165, 1.54) is 0 Å². The summed E-state index contributed by atoms with van der Waals surface area (Å²) in [6.07, 6.45) is 3.33. The maximum absolute atomic E-state index is 6.06. The number of hydrogen-bond donors (Lipinski definition) is 1. The van der Waals surface area contributed by atoms with Gasteiger partial charge in [-0.3, -0.25) is 4.99 Å². The Hall–Kier alpha value is -1.75. The summed E-state index contributed by atoms with van der Waals surface area (Å²) in [7, 11) is 1.85. The molecule has 1 saturated heterocycles. The lowest BCUT2D eigenvalue weighted by atomic mass is 10.1. The topological polar surface area (TPSA) is 46.1 Å². The van der Waals surface area contributed by atoms with E-state index in [1.807, 2.05) is 37.4 Å². The predicted molar refractivity (Wildman–Crippen MR) is 103 cm³/mol. The number of para-hydroxylation sites is 1. The van der Waals surface area contributed by atoms with Crippen molar-refractivity contribution >= 4 is 5.96 Å². The van der Waals surface area contributed by atoms with Crippen molar-refractivity contribution in [2.45, 2.75) is 39.2 Å². The van der Waals surface area contributed by atoms with E-state index in [-0.39, 0.29) is 0 Å². The number of nitrogens with one attached hydrogen (secondary N) is 1. The molecule has 1 aromatic rings. The molecular formula is C20H33N3O2. The number of hydrogen-bond acceptors (Lipinski definition) is 3. The van der Waals surface area contributed by atoms with Crippen LogP contribution in [0.2, 0.25) is 0 Å². The molecule has 0 aromatic heterocycles. The van der Waals surface area contributed by atoms with Crippen LogP contribution >= 0.6 is 0 Å². The van der Waals surface area contributed by atoms with E-state index in [0.717, 1.165) is 63.8 Å². The molecule has 0 atom stereocenters. The second kappa shape index (κ2) is 11.0. The Morgan fingerprint density at radius 2 is 1.96 bits per heavy atom. The highest BCUT2D eigenvalue weighted by Gasteiger charge is 2.22. The first-order chi connectivity index (χ1) is 12.2. The Balaban J connectivity index is 1.64. The van der Waals surface area contributed by atoms with Gasteiger partial charge < -0.3 is 19.7 Å². The summed E-state index contributed by atoms with van der Waals surface area (Å²) in [5.41, 5.74) is 0. The third-order valence-electron chi connectivity index (χ3n) is 4.20. The van der Waals surface area contributed by atoms with Crippen LogP contribution in [0.25, 0.3) is 0 Å². The Kier molecular flexibility index (Phi) is 8.60. The van der Waals surface area contributed by atoms with E-state index >= 15 is 0 Å². The number of benzene rings is 1. The smallest absolute Gasteiger partial charge is 0.193 e. The maximum atomic E-state index is 6.06. The highest BCUT2D eigenvalue weighted by atomic mass is 16.5. The van der Waals surface area contributed by atoms with Crippen molar-refractivity contribution in [3.8, 4) is 5.75 Å². The zero-order valence-electron chi connectivity index (χ0n) is 15.9. The van der Waals surface area contributed by atoms with E-state index in [9.17, 15) is 0 Å². The van der Waals surface area contributed by atoms with Gasteiger partial charge in [0.1, 0.15) is 11.9 Å². The lowest BCUT2D eigenvalue weighted by molar-refractivity contribution is 0.108. The number of likely N-dealkylation sites (tertiary alicyclic amines) is 1. The standard InChI is InChI=1S/C20H33N3O2/c1-17(2)16-24-15-7-12-22-20(21-3)23-13-10-19(11-14-23)25-18-8-5-4-6-9-18/h4-6,8-9,17,19H,7,10-16H2,1-3H3,(H,21,22). The van der Waals surface area contributed by atoms with Crippen molar-refractivity contribution < 1.29 is 9.47 Å². The number of piperidine rings is 1. The Bertz CT molecular complexity index is 497. The molecule has 1 heterocycles. The monoisotopic (exact) mass is 347 g/mol. The molecule has 1 aliphatic rings. The Morgan fingerprint density at radius 1 is 1.24 bits per heavy atom. The van der Waals surface area contributed by atoms with Gasteiger partial charge in [0.15, 0.2) is 5.96 Å². The molecule has 0 unspecified atom stereocenters. The summed E-state index contributed by atoms with van der Waals surface area (Å²) >= 11 is 0. The summed E-state index contributed by atoms with van der Waals surface area (Å²) in [6.45, 7) is 8.82. The first-order valence-corrected chi connectivity index (χ1v) is 9.44. The van der Waals surface area contributed by atoms with Crippen LogP contribution in [0.4, 0.5) is 0 Å². The van der Waals surface area contributed by atoms with Crippen LogP contribution in [0.5, 0.6) is 5.75 Å². The van der Waals surface area contributed by atoms with Crippen molar-refractivity contribution in [2.75, 3.05) is 39.9 Å². The first-order valence-electron chi connectivity index (χ1n) is 9.44. The van der Waals surface area contributed by atoms with E-state index in [1.54, 1.807) is 0 Å². The van der Waals surface area contributed by atoms with Crippen molar-refractivity contribution in [1.82, 2.24) is 10.2 Å². The van der Waals surface area contributed by atoms with E-state index in [2.05, 4.69) is 29.1 Å². The van der Waals surface area contributed by atoms with Gasteiger partial charge in [0.05, 0.1) is 0 Å². The van der Waals surface area contributed by atoms with Gasteiger partial charge in [-0.1, -0.05) is 32.0 Å². The molecule has 1 N–H and O–H groups in total. The molecule has 25 heavy (non-hydrogen) atoms. The van der Waals surface area contributed by atoms with Crippen LogP contribution in [0.1, 0.15) is 33.1 Å². The van der Waals surface area contributed by atoms with Gasteiger partial charge in [0, 0.05) is 52.7 Å². The minimum atomic E-state index is 0.293. The second-order valence-corrected chi connectivity index (χ2v) is 6.91. The number of aliphatic imine (C=N–C) groups is 1. The molecule has 0 spiro atoms. The van der Waals surface area contributed by atoms with Gasteiger partial charge in [0.2, 0.25) is 0 Å². The fourth-order valence-corrected chi connectivity index (χ4v) is 2.90. The molecule has 1 aromatic carbocycles. The molecule has 5 heteroatoms. The molecule has 0 amide bonds. The van der Waals surface area contributed by atoms with Gasteiger partial charge in [-0.15, -0.1) is 0 Å². The van der Waals surface area contributed by atoms with E-state index in [0.29, 0.717) is 12.0 Å². The molecule has 0 bridgehead atoms. The van der Waals surface area contributed by atoms with Crippen molar-refractivity contribution in [3.63, 3.8) is 0 Å². The summed E-state index contributed by atoms with van der Waals surface area (Å²) in [5.74, 6) is 2.55. The maximum Gasteiger partial charge on any atom is 0.193 e. The number of guanidine groups is 1. The van der Waals surface area contributed by atoms with Crippen LogP contribution in [0.15, 0.2) is 35.3 Å². The average molecular weight is 348 g/mol. The van der Waals surface area contributed by atoms with Crippen LogP contribution < -0.4 is 10.1 Å². The molecule has 140 valence electrons. The van der Waals surface area contributed by atoms with Gasteiger partial charge >= 0.3 is 0 Å². The third-order valence-corrected chi connectivity index (χ3v) is 4.20. The Labute approximate surface area is 152 Å². The summed E-state index contributed by atoms with van der Waals surface area (Å²) < 4.78 is 11.7. The number of ether oxygens (including phenoxy) is 2. The van der Waals surface area contributed by atoms with Crippen molar-refractivity contribution in [1.29, 1.82) is 0 Å². The van der Waals surface area contributed by atoms with Crippen molar-refractivity contribution in [2.24, 2.45) is 10.9 Å². The zero-order valence-corrected chi connectivity index (χ0v) is 15.9. The quantitative estimate of drug-likeness (QED) is 0.446. The SMILES string of the molecule is CN=C(NCCCOCC(C)C)N1CCC(Oc2ccccc2)CC1. The highest BCUT2D eigenvalue weighted by Crippen LogP contribution is 2.18. The lowest BCUT2D eigenvalue weighted by Crippen LogP contribution is -2.47. The van der Waals surface area contributed by atoms with Crippen LogP contribution in [0.3, 0.4) is 0 Å². The number of rotatable bonds is 8. The molecule has 0 saturated carbocycles. The summed E-state index contributed by atoms with van der Waals surface area (Å²) in [6, 6.07) is 10.1. The summed E-state index contributed by atoms with van der Waals surface area (Å²) in [5, 5.41) is 3.45. The molecule has 2 rings (SSSR count). The summed E-state index contributed by atoms with van der Waals surface area (Å²) in [4.78, 5) is 6.74. The van der Waals surface area contributed by atoms with Gasteiger partial charge in [-0.05, 0) is 24.5 Å². The van der Waals surface area contributed by atoms with Gasteiger partial charge in [-0.2, -0.15) is 0 Å². The Morgan fingerprint density at radius 3 is 2.60 bits per heavy atom. The predicted octanol–water partition coefficient (Wildman–Crippen LogP) is 3.17. The zero-order chi connectivity index (χ0) is 17.9.